The van der Waals surface area contributed by atoms with Gasteiger partial charge in [0.25, 0.3) is 0 Å². The van der Waals surface area contributed by atoms with E-state index in [1.54, 1.807) is 0 Å². The van der Waals surface area contributed by atoms with Gasteiger partial charge in [-0.2, -0.15) is 10.2 Å². The Hall–Kier alpha value is -1.44. The largest absolute Gasteiger partial charge is 0.155 e. The molecule has 1 heterocycles. The average molecular weight is 214 g/mol. The summed E-state index contributed by atoms with van der Waals surface area (Å²) in [6.45, 7) is 12.8. The number of nitrogens with zero attached hydrogens (tertiary/aromatic N) is 2. The maximum absolute atomic E-state index is 4.23. The Morgan fingerprint density at radius 1 is 0.500 bits per heavy atom. The first-order valence-corrected chi connectivity index (χ1v) is 5.65. The highest BCUT2D eigenvalue weighted by atomic mass is 15.1. The van der Waals surface area contributed by atoms with Crippen LogP contribution < -0.4 is 0 Å². The van der Waals surface area contributed by atoms with Gasteiger partial charge in [-0.15, -0.1) is 0 Å². The summed E-state index contributed by atoms with van der Waals surface area (Å²) < 4.78 is 0. The number of benzene rings is 1. The van der Waals surface area contributed by atoms with Crippen LogP contribution in [0.25, 0.3) is 10.8 Å². The van der Waals surface area contributed by atoms with Gasteiger partial charge < -0.3 is 0 Å². The predicted molar refractivity (Wildman–Crippen MR) is 68.0 cm³/mol. The number of aryl methyl sites for hydroxylation is 4. The third-order valence-electron chi connectivity index (χ3n) is 3.76. The molecule has 2 aromatic rings. The zero-order valence-electron chi connectivity index (χ0n) is 10.9. The van der Waals surface area contributed by atoms with Crippen molar-refractivity contribution in [2.45, 2.75) is 41.5 Å². The zero-order chi connectivity index (χ0) is 12.0. The first-order chi connectivity index (χ1) is 7.45. The molecule has 0 radical (unpaired) electrons. The Morgan fingerprint density at radius 3 is 1.12 bits per heavy atom. The quantitative estimate of drug-likeness (QED) is 0.671. The van der Waals surface area contributed by atoms with Crippen molar-refractivity contribution in [3.63, 3.8) is 0 Å². The van der Waals surface area contributed by atoms with E-state index in [1.165, 1.54) is 33.0 Å². The van der Waals surface area contributed by atoms with Gasteiger partial charge in [0.05, 0.1) is 11.4 Å². The van der Waals surface area contributed by atoms with Crippen molar-refractivity contribution in [3.05, 3.63) is 33.6 Å². The lowest BCUT2D eigenvalue weighted by Crippen LogP contribution is -2.01. The van der Waals surface area contributed by atoms with E-state index in [4.69, 9.17) is 0 Å². The minimum Gasteiger partial charge on any atom is -0.155 e. The van der Waals surface area contributed by atoms with Crippen LogP contribution in [0.15, 0.2) is 0 Å². The molecule has 84 valence electrons. The molecule has 0 fully saturated rings. The van der Waals surface area contributed by atoms with Gasteiger partial charge >= 0.3 is 0 Å². The molecule has 0 saturated heterocycles. The smallest absolute Gasteiger partial charge is 0.0681 e. The minimum atomic E-state index is 1.03. The summed E-state index contributed by atoms with van der Waals surface area (Å²) >= 11 is 0. The second-order valence-corrected chi connectivity index (χ2v) is 4.62. The Morgan fingerprint density at radius 2 is 0.812 bits per heavy atom. The van der Waals surface area contributed by atoms with Crippen LogP contribution in [0.2, 0.25) is 0 Å². The zero-order valence-corrected chi connectivity index (χ0v) is 10.9. The van der Waals surface area contributed by atoms with Crippen LogP contribution >= 0.6 is 0 Å². The molecule has 0 saturated carbocycles. The van der Waals surface area contributed by atoms with Gasteiger partial charge in [0.15, 0.2) is 0 Å². The molecule has 0 aliphatic heterocycles. The molecule has 0 aliphatic rings. The molecule has 2 rings (SSSR count). The van der Waals surface area contributed by atoms with Gasteiger partial charge in [0.1, 0.15) is 0 Å². The lowest BCUT2D eigenvalue weighted by molar-refractivity contribution is 0.959. The number of hydrogen-bond acceptors (Lipinski definition) is 2. The number of aromatic nitrogens is 2. The molecule has 0 bridgehead atoms. The molecule has 0 unspecified atom stereocenters. The standard InChI is InChI=1S/C14H18N2/c1-7-8(2)10(4)14-12(6)16-15-11(5)13(14)9(7)3/h1-6H3. The van der Waals surface area contributed by atoms with Gasteiger partial charge in [0, 0.05) is 10.8 Å². The fourth-order valence-corrected chi connectivity index (χ4v) is 2.47. The molecule has 16 heavy (non-hydrogen) atoms. The lowest BCUT2D eigenvalue weighted by Gasteiger charge is -2.16. The first-order valence-electron chi connectivity index (χ1n) is 5.65. The third-order valence-corrected chi connectivity index (χ3v) is 3.76. The van der Waals surface area contributed by atoms with Crippen LogP contribution in [-0.2, 0) is 0 Å². The Labute approximate surface area is 96.7 Å². The molecule has 0 N–H and O–H groups in total. The van der Waals surface area contributed by atoms with E-state index in [1.807, 2.05) is 13.8 Å². The number of hydrogen-bond donors (Lipinski definition) is 0. The fraction of sp³-hybridized carbons (Fsp3) is 0.429. The molecule has 0 amide bonds. The van der Waals surface area contributed by atoms with Crippen molar-refractivity contribution in [2.75, 3.05) is 0 Å². The van der Waals surface area contributed by atoms with Crippen molar-refractivity contribution < 1.29 is 0 Å². The average Bonchev–Trinajstić information content (AvgIpc) is 2.26. The van der Waals surface area contributed by atoms with Crippen LogP contribution in [0, 0.1) is 41.5 Å². The van der Waals surface area contributed by atoms with E-state index in [9.17, 15) is 0 Å². The lowest BCUT2D eigenvalue weighted by atomic mass is 9.91. The molecule has 2 nitrogen and oxygen atoms in total. The van der Waals surface area contributed by atoms with Crippen LogP contribution in [0.4, 0.5) is 0 Å². The minimum absolute atomic E-state index is 1.03. The monoisotopic (exact) mass is 214 g/mol. The number of rotatable bonds is 0. The van der Waals surface area contributed by atoms with Crippen LogP contribution in [0.5, 0.6) is 0 Å². The van der Waals surface area contributed by atoms with E-state index in [2.05, 4.69) is 37.9 Å². The summed E-state index contributed by atoms with van der Waals surface area (Å²) in [7, 11) is 0. The van der Waals surface area contributed by atoms with Crippen molar-refractivity contribution in [3.8, 4) is 0 Å². The summed E-state index contributed by atoms with van der Waals surface area (Å²) in [5.41, 5.74) is 7.50. The van der Waals surface area contributed by atoms with E-state index in [-0.39, 0.29) is 0 Å². The fourth-order valence-electron chi connectivity index (χ4n) is 2.47. The van der Waals surface area contributed by atoms with E-state index in [0.29, 0.717) is 0 Å². The maximum Gasteiger partial charge on any atom is 0.0681 e. The van der Waals surface area contributed by atoms with Gasteiger partial charge in [0.2, 0.25) is 0 Å². The molecule has 0 atom stereocenters. The van der Waals surface area contributed by atoms with Gasteiger partial charge in [-0.3, -0.25) is 0 Å². The highest BCUT2D eigenvalue weighted by molar-refractivity contribution is 5.93. The summed E-state index contributed by atoms with van der Waals surface area (Å²) in [5.74, 6) is 0. The van der Waals surface area contributed by atoms with E-state index in [0.717, 1.165) is 11.4 Å². The molecule has 1 aromatic heterocycles. The maximum atomic E-state index is 4.23. The van der Waals surface area contributed by atoms with Gasteiger partial charge in [-0.25, -0.2) is 0 Å². The van der Waals surface area contributed by atoms with Crippen molar-refractivity contribution in [1.29, 1.82) is 0 Å². The topological polar surface area (TPSA) is 25.8 Å². The van der Waals surface area contributed by atoms with Crippen molar-refractivity contribution in [2.24, 2.45) is 0 Å². The van der Waals surface area contributed by atoms with Gasteiger partial charge in [-0.05, 0) is 63.8 Å². The predicted octanol–water partition coefficient (Wildman–Crippen LogP) is 3.48. The van der Waals surface area contributed by atoms with Gasteiger partial charge in [-0.1, -0.05) is 0 Å². The summed E-state index contributed by atoms with van der Waals surface area (Å²) in [6, 6.07) is 0. The van der Waals surface area contributed by atoms with E-state index >= 15 is 0 Å². The van der Waals surface area contributed by atoms with Crippen LogP contribution in [0.3, 0.4) is 0 Å². The SMILES string of the molecule is Cc1c(C)c(C)c2c(C)nnc(C)c2c1C. The summed E-state index contributed by atoms with van der Waals surface area (Å²) in [4.78, 5) is 0. The molecular weight excluding hydrogens is 196 g/mol. The molecule has 0 aliphatic carbocycles. The highest BCUT2D eigenvalue weighted by Gasteiger charge is 2.13. The molecule has 2 heteroatoms. The Balaban J connectivity index is 3.14. The first kappa shape index (κ1) is 11.1. The number of fused-ring (bicyclic) bond motifs is 1. The highest BCUT2D eigenvalue weighted by Crippen LogP contribution is 2.31. The molecule has 0 spiro atoms. The Kier molecular flexibility index (Phi) is 2.45. The summed E-state index contributed by atoms with van der Waals surface area (Å²) in [5, 5.41) is 11.0. The third kappa shape index (κ3) is 1.33. The normalized spacial score (nSPS) is 11.1. The van der Waals surface area contributed by atoms with Crippen molar-refractivity contribution >= 4 is 10.8 Å². The molecule has 1 aromatic carbocycles. The van der Waals surface area contributed by atoms with Crippen molar-refractivity contribution in [1.82, 2.24) is 10.2 Å². The van der Waals surface area contributed by atoms with Crippen LogP contribution in [0.1, 0.15) is 33.6 Å². The summed E-state index contributed by atoms with van der Waals surface area (Å²) in [6.07, 6.45) is 0. The van der Waals surface area contributed by atoms with E-state index < -0.39 is 0 Å². The molecular formula is C14H18N2. The second-order valence-electron chi connectivity index (χ2n) is 4.62. The Bertz CT molecular complexity index is 531. The second kappa shape index (κ2) is 3.55. The van der Waals surface area contributed by atoms with Crippen LogP contribution in [-0.4, -0.2) is 10.2 Å².